The van der Waals surface area contributed by atoms with Gasteiger partial charge in [-0.3, -0.25) is 14.5 Å². The minimum absolute atomic E-state index is 0.00770. The Bertz CT molecular complexity index is 865. The van der Waals surface area contributed by atoms with Crippen LogP contribution in [0.1, 0.15) is 70.8 Å². The van der Waals surface area contributed by atoms with Crippen LogP contribution in [0.15, 0.2) is 6.33 Å². The first-order chi connectivity index (χ1) is 17.6. The standard InChI is InChI=1S/C22H42N5O8PS/c1-4-5-6-7-8-9-10-15(2)34-16(13-37-3)11-32-36(30,31)33-12-17-18(28)19(29)22(35-17)27-14-25-21(26-27)20(23)24/h14-19,22,28-29H,4-13H2,1-3H3,(H3,23,24)(H,30,31)/t15?,16-,17?,18?,19?,22?/m1/s1. The van der Waals surface area contributed by atoms with Crippen molar-refractivity contribution in [1.29, 1.82) is 5.41 Å². The highest BCUT2D eigenvalue weighted by Crippen LogP contribution is 2.44. The third-order valence-electron chi connectivity index (χ3n) is 5.91. The quantitative estimate of drug-likeness (QED) is 0.0708. The van der Waals surface area contributed by atoms with E-state index >= 15 is 0 Å². The molecule has 0 saturated carbocycles. The van der Waals surface area contributed by atoms with Crippen LogP contribution in [0.25, 0.3) is 0 Å². The van der Waals surface area contributed by atoms with E-state index in [1.807, 2.05) is 13.2 Å². The lowest BCUT2D eigenvalue weighted by molar-refractivity contribution is -0.0613. The number of phosphoric ester groups is 1. The smallest absolute Gasteiger partial charge is 0.387 e. The van der Waals surface area contributed by atoms with Crippen molar-refractivity contribution < 1.29 is 38.2 Å². The third-order valence-corrected chi connectivity index (χ3v) is 7.57. The first kappa shape index (κ1) is 32.1. The Morgan fingerprint density at radius 1 is 1.27 bits per heavy atom. The van der Waals surface area contributed by atoms with Crippen molar-refractivity contribution >= 4 is 25.4 Å². The van der Waals surface area contributed by atoms with Crippen LogP contribution in [0.3, 0.4) is 0 Å². The summed E-state index contributed by atoms with van der Waals surface area (Å²) in [6.45, 7) is 3.53. The van der Waals surface area contributed by atoms with Gasteiger partial charge in [0.05, 0.1) is 25.4 Å². The molecule has 2 rings (SSSR count). The summed E-state index contributed by atoms with van der Waals surface area (Å²) in [6, 6.07) is 0. The molecule has 0 aliphatic carbocycles. The molecular weight excluding hydrogens is 525 g/mol. The summed E-state index contributed by atoms with van der Waals surface area (Å²) in [6.07, 6.45) is 5.69. The number of ether oxygens (including phenoxy) is 2. The molecule has 6 N–H and O–H groups in total. The van der Waals surface area contributed by atoms with Crippen LogP contribution >= 0.6 is 19.6 Å². The second-order valence-corrected chi connectivity index (χ2v) is 11.5. The molecule has 1 saturated heterocycles. The summed E-state index contributed by atoms with van der Waals surface area (Å²) >= 11 is 1.54. The number of amidine groups is 1. The lowest BCUT2D eigenvalue weighted by Gasteiger charge is -2.23. The zero-order valence-electron chi connectivity index (χ0n) is 21.8. The summed E-state index contributed by atoms with van der Waals surface area (Å²) in [5.41, 5.74) is 5.34. The van der Waals surface area contributed by atoms with Gasteiger partial charge < -0.3 is 30.3 Å². The van der Waals surface area contributed by atoms with E-state index in [1.54, 1.807) is 11.8 Å². The van der Waals surface area contributed by atoms with E-state index in [-0.39, 0.29) is 24.4 Å². The Labute approximate surface area is 222 Å². The number of rotatable bonds is 19. The van der Waals surface area contributed by atoms with Gasteiger partial charge in [-0.15, -0.1) is 5.10 Å². The molecule has 0 spiro atoms. The van der Waals surface area contributed by atoms with E-state index in [9.17, 15) is 19.7 Å². The zero-order valence-corrected chi connectivity index (χ0v) is 23.5. The maximum absolute atomic E-state index is 12.5. The van der Waals surface area contributed by atoms with Gasteiger partial charge in [-0.05, 0) is 19.6 Å². The number of hydrogen-bond acceptors (Lipinski definition) is 11. The van der Waals surface area contributed by atoms with Gasteiger partial charge in [0.1, 0.15) is 24.6 Å². The van der Waals surface area contributed by atoms with Crippen LogP contribution in [0, 0.1) is 5.41 Å². The number of thioether (sulfide) groups is 1. The predicted octanol–water partition coefficient (Wildman–Crippen LogP) is 2.20. The summed E-state index contributed by atoms with van der Waals surface area (Å²) < 4.78 is 35.4. The fraction of sp³-hybridized carbons (Fsp3) is 0.864. The maximum Gasteiger partial charge on any atom is 0.472 e. The number of nitrogens with zero attached hydrogens (tertiary/aromatic N) is 3. The van der Waals surface area contributed by atoms with Crippen LogP contribution < -0.4 is 5.73 Å². The molecule has 0 radical (unpaired) electrons. The Kier molecular flexibility index (Phi) is 14.0. The van der Waals surface area contributed by atoms with Gasteiger partial charge in [-0.1, -0.05) is 45.4 Å². The molecule has 214 valence electrons. The van der Waals surface area contributed by atoms with Gasteiger partial charge >= 0.3 is 7.82 Å². The lowest BCUT2D eigenvalue weighted by Crippen LogP contribution is -2.34. The average Bonchev–Trinajstić information content (AvgIpc) is 3.44. The van der Waals surface area contributed by atoms with Crippen LogP contribution in [0.4, 0.5) is 0 Å². The SMILES string of the molecule is CCCCCCCCC(C)O[C@H](COP(=O)(O)OCC1OC(n2cnc(C(=N)N)n2)C(O)C1O)CSC. The fourth-order valence-corrected chi connectivity index (χ4v) is 5.22. The minimum atomic E-state index is -4.49. The van der Waals surface area contributed by atoms with Gasteiger partial charge in [0.25, 0.3) is 0 Å². The predicted molar refractivity (Wildman–Crippen MR) is 139 cm³/mol. The number of aliphatic hydroxyl groups is 2. The van der Waals surface area contributed by atoms with Gasteiger partial charge in [-0.2, -0.15) is 11.8 Å². The molecule has 13 nitrogen and oxygen atoms in total. The molecule has 0 bridgehead atoms. The molecular formula is C22H42N5O8PS. The van der Waals surface area contributed by atoms with E-state index in [4.69, 9.17) is 29.7 Å². The molecule has 2 heterocycles. The molecule has 0 aromatic carbocycles. The van der Waals surface area contributed by atoms with Crippen molar-refractivity contribution in [3.8, 4) is 0 Å². The number of nitrogen functional groups attached to an aromatic ring is 1. The van der Waals surface area contributed by atoms with E-state index in [1.165, 1.54) is 32.0 Å². The van der Waals surface area contributed by atoms with Crippen molar-refractivity contribution in [3.63, 3.8) is 0 Å². The van der Waals surface area contributed by atoms with Gasteiger partial charge in [0, 0.05) is 5.75 Å². The van der Waals surface area contributed by atoms with Gasteiger partial charge in [-0.25, -0.2) is 14.2 Å². The molecule has 37 heavy (non-hydrogen) atoms. The number of nitrogens with one attached hydrogen (secondary N) is 1. The van der Waals surface area contributed by atoms with Crippen molar-refractivity contribution in [2.24, 2.45) is 5.73 Å². The van der Waals surface area contributed by atoms with Gasteiger partial charge in [0.2, 0.25) is 5.82 Å². The summed E-state index contributed by atoms with van der Waals surface area (Å²) in [4.78, 5) is 14.0. The van der Waals surface area contributed by atoms with E-state index in [0.717, 1.165) is 23.9 Å². The minimum Gasteiger partial charge on any atom is -0.387 e. The Morgan fingerprint density at radius 3 is 2.62 bits per heavy atom. The molecule has 1 aliphatic heterocycles. The summed E-state index contributed by atoms with van der Waals surface area (Å²) in [7, 11) is -4.49. The highest BCUT2D eigenvalue weighted by molar-refractivity contribution is 7.98. The molecule has 0 amide bonds. The van der Waals surface area contributed by atoms with E-state index in [0.29, 0.717) is 5.75 Å². The Hall–Kier alpha value is -1.09. The van der Waals surface area contributed by atoms with Crippen LogP contribution in [-0.2, 0) is 23.1 Å². The molecule has 1 aliphatic rings. The fourth-order valence-electron chi connectivity index (χ4n) is 3.91. The molecule has 1 aromatic rings. The maximum atomic E-state index is 12.5. The number of hydrogen-bond donors (Lipinski definition) is 5. The Morgan fingerprint density at radius 2 is 1.97 bits per heavy atom. The number of aliphatic hydroxyl groups excluding tert-OH is 2. The number of unbranched alkanes of at least 4 members (excludes halogenated alkanes) is 5. The largest absolute Gasteiger partial charge is 0.472 e. The highest BCUT2D eigenvalue weighted by Gasteiger charge is 2.45. The van der Waals surface area contributed by atoms with E-state index < -0.39 is 45.1 Å². The topological polar surface area (TPSA) is 195 Å². The third kappa shape index (κ3) is 10.9. The average molecular weight is 568 g/mol. The number of nitrogens with two attached hydrogens (primary N) is 1. The monoisotopic (exact) mass is 567 g/mol. The van der Waals surface area contributed by atoms with Gasteiger partial charge in [0.15, 0.2) is 12.1 Å². The molecule has 15 heteroatoms. The molecule has 1 fully saturated rings. The first-order valence-electron chi connectivity index (χ1n) is 12.6. The summed E-state index contributed by atoms with van der Waals surface area (Å²) in [5.74, 6) is 0.145. The Balaban J connectivity index is 1.78. The molecule has 1 aromatic heterocycles. The van der Waals surface area contributed by atoms with Crippen molar-refractivity contribution in [2.45, 2.75) is 95.5 Å². The van der Waals surface area contributed by atoms with Crippen LogP contribution in [-0.4, -0.2) is 91.4 Å². The second kappa shape index (κ2) is 16.1. The zero-order chi connectivity index (χ0) is 27.4. The number of aromatic nitrogens is 3. The normalized spacial score (nSPS) is 25.1. The van der Waals surface area contributed by atoms with E-state index in [2.05, 4.69) is 17.0 Å². The molecule has 7 atom stereocenters. The van der Waals surface area contributed by atoms with Crippen molar-refractivity contribution in [3.05, 3.63) is 12.2 Å². The second-order valence-electron chi connectivity index (χ2n) is 9.15. The summed E-state index contributed by atoms with van der Waals surface area (Å²) in [5, 5.41) is 31.9. The van der Waals surface area contributed by atoms with Crippen LogP contribution in [0.5, 0.6) is 0 Å². The first-order valence-corrected chi connectivity index (χ1v) is 15.5. The van der Waals surface area contributed by atoms with Crippen molar-refractivity contribution in [1.82, 2.24) is 14.8 Å². The van der Waals surface area contributed by atoms with Crippen LogP contribution in [0.2, 0.25) is 0 Å². The number of phosphoric acid groups is 1. The van der Waals surface area contributed by atoms with Crippen molar-refractivity contribution in [2.75, 3.05) is 25.2 Å². The lowest BCUT2D eigenvalue weighted by atomic mass is 10.1. The molecule has 6 unspecified atom stereocenters. The highest BCUT2D eigenvalue weighted by atomic mass is 32.2.